The van der Waals surface area contributed by atoms with E-state index in [4.69, 9.17) is 17.2 Å². The molecule has 1 aromatic rings. The standard InChI is InChI=1S/C19H32N8O6S/c20-4-2-1-3-11(21)16(29)25-12(6-15(22)28)17(30)27-14(8-34)18(31)26-13(19(32)33)5-10-7-23-9-24-10/h7,9,11-14,34H,1-6,8,20-21H2,(H2,22,28)(H,23,24)(H,25,29)(H,26,31)(H,27,30)(H,32,33). The summed E-state index contributed by atoms with van der Waals surface area (Å²) in [5, 5.41) is 16.4. The van der Waals surface area contributed by atoms with E-state index >= 15 is 0 Å². The van der Waals surface area contributed by atoms with Gasteiger partial charge in [0.05, 0.1) is 18.8 Å². The molecular formula is C19H32N8O6S. The Labute approximate surface area is 201 Å². The van der Waals surface area contributed by atoms with Gasteiger partial charge in [-0.05, 0) is 19.4 Å². The maximum absolute atomic E-state index is 12.7. The van der Waals surface area contributed by atoms with Crippen LogP contribution < -0.4 is 33.2 Å². The molecule has 0 aliphatic rings. The topological polar surface area (TPSA) is 248 Å². The molecule has 15 heteroatoms. The molecule has 0 radical (unpaired) electrons. The van der Waals surface area contributed by atoms with Crippen molar-refractivity contribution in [2.24, 2.45) is 17.2 Å². The number of primary amides is 1. The molecule has 14 nitrogen and oxygen atoms in total. The Morgan fingerprint density at radius 2 is 1.65 bits per heavy atom. The van der Waals surface area contributed by atoms with Crippen molar-refractivity contribution in [1.82, 2.24) is 25.9 Å². The summed E-state index contributed by atoms with van der Waals surface area (Å²) in [4.78, 5) is 67.1. The predicted molar refractivity (Wildman–Crippen MR) is 124 cm³/mol. The fourth-order valence-electron chi connectivity index (χ4n) is 2.88. The number of aromatic amines is 1. The van der Waals surface area contributed by atoms with E-state index in [1.165, 1.54) is 12.5 Å². The molecule has 190 valence electrons. The van der Waals surface area contributed by atoms with Crippen LogP contribution in [0.25, 0.3) is 0 Å². The smallest absolute Gasteiger partial charge is 0.326 e. The van der Waals surface area contributed by atoms with E-state index in [1.54, 1.807) is 0 Å². The number of thiol groups is 1. The molecule has 4 unspecified atom stereocenters. The number of nitrogens with one attached hydrogen (secondary N) is 4. The van der Waals surface area contributed by atoms with Crippen LogP contribution in [-0.4, -0.2) is 81.1 Å². The van der Waals surface area contributed by atoms with Crippen molar-refractivity contribution >= 4 is 42.2 Å². The molecule has 1 heterocycles. The van der Waals surface area contributed by atoms with E-state index in [-0.39, 0.29) is 12.2 Å². The Morgan fingerprint density at radius 3 is 2.18 bits per heavy atom. The third-order valence-corrected chi connectivity index (χ3v) is 5.12. The molecule has 0 aliphatic heterocycles. The normalized spacial score (nSPS) is 14.3. The number of rotatable bonds is 16. The van der Waals surface area contributed by atoms with Crippen LogP contribution in [0.15, 0.2) is 12.5 Å². The number of hydrogen-bond acceptors (Lipinski definition) is 9. The van der Waals surface area contributed by atoms with Gasteiger partial charge >= 0.3 is 5.97 Å². The van der Waals surface area contributed by atoms with Gasteiger partial charge < -0.3 is 43.2 Å². The lowest BCUT2D eigenvalue weighted by atomic mass is 10.1. The Hall–Kier alpha value is -3.17. The third-order valence-electron chi connectivity index (χ3n) is 4.75. The minimum atomic E-state index is -1.39. The fraction of sp³-hybridized carbons (Fsp3) is 0.579. The number of carbonyl (C=O) groups is 5. The lowest BCUT2D eigenvalue weighted by Gasteiger charge is -2.24. The van der Waals surface area contributed by atoms with Crippen LogP contribution in [0, 0.1) is 0 Å². The van der Waals surface area contributed by atoms with Gasteiger partial charge in [-0.25, -0.2) is 9.78 Å². The average Bonchev–Trinajstić information content (AvgIpc) is 3.29. The summed E-state index contributed by atoms with van der Waals surface area (Å²) in [6, 6.07) is -4.89. The highest BCUT2D eigenvalue weighted by atomic mass is 32.1. The van der Waals surface area contributed by atoms with Crippen LogP contribution in [0.4, 0.5) is 0 Å². The van der Waals surface area contributed by atoms with E-state index in [1.807, 2.05) is 0 Å². The molecule has 0 saturated heterocycles. The molecule has 0 aliphatic carbocycles. The highest BCUT2D eigenvalue weighted by Crippen LogP contribution is 2.03. The molecule has 1 aromatic heterocycles. The number of carboxylic acids is 1. The Balaban J connectivity index is 2.80. The molecule has 4 amide bonds. The van der Waals surface area contributed by atoms with Crippen LogP contribution in [0.1, 0.15) is 31.4 Å². The third kappa shape index (κ3) is 10.2. The summed E-state index contributed by atoms with van der Waals surface area (Å²) in [6.07, 6.45) is 3.76. The second-order valence-corrected chi connectivity index (χ2v) is 7.91. The first-order chi connectivity index (χ1) is 16.1. The number of aromatic nitrogens is 2. The average molecular weight is 501 g/mol. The van der Waals surface area contributed by atoms with Crippen LogP contribution in [0.5, 0.6) is 0 Å². The van der Waals surface area contributed by atoms with Gasteiger partial charge in [0, 0.05) is 24.1 Å². The van der Waals surface area contributed by atoms with E-state index in [9.17, 15) is 29.1 Å². The summed E-state index contributed by atoms with van der Waals surface area (Å²) in [7, 11) is 0. The highest BCUT2D eigenvalue weighted by Gasteiger charge is 2.30. The van der Waals surface area contributed by atoms with Gasteiger partial charge in [0.1, 0.15) is 18.1 Å². The predicted octanol–water partition coefficient (Wildman–Crippen LogP) is -3.25. The van der Waals surface area contributed by atoms with E-state index in [2.05, 4.69) is 38.5 Å². The molecule has 0 bridgehead atoms. The Kier molecular flexibility index (Phi) is 12.6. The molecule has 0 saturated carbocycles. The number of amides is 4. The number of hydrogen-bond donors (Lipinski definition) is 9. The number of nitrogens with two attached hydrogens (primary N) is 3. The summed E-state index contributed by atoms with van der Waals surface area (Å²) < 4.78 is 0. The molecule has 34 heavy (non-hydrogen) atoms. The number of carbonyl (C=O) groups excluding carboxylic acids is 4. The minimum Gasteiger partial charge on any atom is -0.480 e. The fourth-order valence-corrected chi connectivity index (χ4v) is 3.14. The second-order valence-electron chi connectivity index (χ2n) is 7.55. The van der Waals surface area contributed by atoms with Crippen LogP contribution in [0.2, 0.25) is 0 Å². The zero-order valence-corrected chi connectivity index (χ0v) is 19.4. The van der Waals surface area contributed by atoms with Crippen LogP contribution in [-0.2, 0) is 30.4 Å². The summed E-state index contributed by atoms with van der Waals surface area (Å²) in [6.45, 7) is 0.443. The number of carboxylic acid groups (broad SMARTS) is 1. The SMILES string of the molecule is NCCCCC(N)C(=O)NC(CC(N)=O)C(=O)NC(CS)C(=O)NC(Cc1cnc[nH]1)C(=O)O. The van der Waals surface area contributed by atoms with Crippen molar-refractivity contribution in [1.29, 1.82) is 0 Å². The molecule has 0 aromatic carbocycles. The summed E-state index contributed by atoms with van der Waals surface area (Å²) in [5.74, 6) is -4.72. The van der Waals surface area contributed by atoms with Crippen molar-refractivity contribution in [2.75, 3.05) is 12.3 Å². The van der Waals surface area contributed by atoms with Crippen molar-refractivity contribution in [2.45, 2.75) is 56.3 Å². The lowest BCUT2D eigenvalue weighted by Crippen LogP contribution is -2.58. The number of aliphatic carboxylic acids is 1. The number of nitrogens with zero attached hydrogens (tertiary/aromatic N) is 1. The largest absolute Gasteiger partial charge is 0.480 e. The van der Waals surface area contributed by atoms with Crippen molar-refractivity contribution < 1.29 is 29.1 Å². The minimum absolute atomic E-state index is 0.0727. The quantitative estimate of drug-likeness (QED) is 0.0815. The number of unbranched alkanes of at least 4 members (excludes halogenated alkanes) is 1. The van der Waals surface area contributed by atoms with Gasteiger partial charge in [-0.1, -0.05) is 6.42 Å². The highest BCUT2D eigenvalue weighted by molar-refractivity contribution is 7.80. The van der Waals surface area contributed by atoms with Crippen LogP contribution in [0.3, 0.4) is 0 Å². The van der Waals surface area contributed by atoms with Gasteiger partial charge in [-0.2, -0.15) is 12.6 Å². The summed E-state index contributed by atoms with van der Waals surface area (Å²) >= 11 is 4.03. The lowest BCUT2D eigenvalue weighted by molar-refractivity contribution is -0.142. The van der Waals surface area contributed by atoms with E-state index in [0.29, 0.717) is 31.5 Å². The number of imidazole rings is 1. The number of H-pyrrole nitrogens is 1. The first kappa shape index (κ1) is 28.9. The van der Waals surface area contributed by atoms with Gasteiger partial charge in [0.25, 0.3) is 0 Å². The first-order valence-corrected chi connectivity index (χ1v) is 11.2. The van der Waals surface area contributed by atoms with Gasteiger partial charge in [-0.15, -0.1) is 0 Å². The zero-order chi connectivity index (χ0) is 25.7. The molecule has 4 atom stereocenters. The van der Waals surface area contributed by atoms with E-state index in [0.717, 1.165) is 0 Å². The van der Waals surface area contributed by atoms with Gasteiger partial charge in [0.15, 0.2) is 0 Å². The van der Waals surface area contributed by atoms with Gasteiger partial charge in [0.2, 0.25) is 23.6 Å². The molecule has 0 fully saturated rings. The Bertz CT molecular complexity index is 837. The second kappa shape index (κ2) is 14.9. The van der Waals surface area contributed by atoms with Crippen molar-refractivity contribution in [3.63, 3.8) is 0 Å². The van der Waals surface area contributed by atoms with Crippen molar-refractivity contribution in [3.05, 3.63) is 18.2 Å². The van der Waals surface area contributed by atoms with Crippen LogP contribution >= 0.6 is 12.6 Å². The van der Waals surface area contributed by atoms with E-state index < -0.39 is 60.2 Å². The van der Waals surface area contributed by atoms with Crippen molar-refractivity contribution in [3.8, 4) is 0 Å². The maximum Gasteiger partial charge on any atom is 0.326 e. The van der Waals surface area contributed by atoms with Gasteiger partial charge in [-0.3, -0.25) is 19.2 Å². The molecule has 11 N–H and O–H groups in total. The Morgan fingerprint density at radius 1 is 1.03 bits per heavy atom. The zero-order valence-electron chi connectivity index (χ0n) is 18.5. The molecular weight excluding hydrogens is 468 g/mol. The molecule has 1 rings (SSSR count). The first-order valence-electron chi connectivity index (χ1n) is 10.5. The summed E-state index contributed by atoms with van der Waals surface area (Å²) in [5.41, 5.74) is 16.9. The molecule has 0 spiro atoms. The monoisotopic (exact) mass is 500 g/mol. The maximum atomic E-state index is 12.7.